The lowest BCUT2D eigenvalue weighted by molar-refractivity contribution is -0.123. The van der Waals surface area contributed by atoms with Crippen molar-refractivity contribution < 1.29 is 10.0 Å². The van der Waals surface area contributed by atoms with E-state index in [1.807, 2.05) is 73.9 Å². The van der Waals surface area contributed by atoms with E-state index in [2.05, 4.69) is 4.99 Å². The number of hydrogen-bond acceptors (Lipinski definition) is 4. The lowest BCUT2D eigenvalue weighted by Gasteiger charge is -2.28. The van der Waals surface area contributed by atoms with E-state index < -0.39 is 6.17 Å². The number of amides is 1. The summed E-state index contributed by atoms with van der Waals surface area (Å²) >= 11 is 0. The number of fused-ring (bicyclic) bond motifs is 1. The molecular formula is C18H19N3O2. The summed E-state index contributed by atoms with van der Waals surface area (Å²) in [6, 6.07) is 17.3. The fourth-order valence-corrected chi connectivity index (χ4v) is 2.83. The van der Waals surface area contributed by atoms with Gasteiger partial charge in [0.1, 0.15) is 0 Å². The van der Waals surface area contributed by atoms with E-state index in [1.165, 1.54) is 0 Å². The molecule has 0 fully saturated rings. The molecule has 1 aliphatic heterocycles. The quantitative estimate of drug-likeness (QED) is 0.857. The first-order valence-corrected chi connectivity index (χ1v) is 7.59. The molecular weight excluding hydrogens is 290 g/mol. The van der Waals surface area contributed by atoms with Gasteiger partial charge in [0.15, 0.2) is 0 Å². The van der Waals surface area contributed by atoms with Crippen LogP contribution in [0.4, 0.5) is 5.69 Å². The molecule has 2 aromatic carbocycles. The van der Waals surface area contributed by atoms with Gasteiger partial charge in [-0.1, -0.05) is 48.5 Å². The Bertz CT molecular complexity index is 741. The number of anilines is 1. The van der Waals surface area contributed by atoms with Crippen LogP contribution in [0, 0.1) is 0 Å². The molecule has 1 aliphatic rings. The molecule has 2 N–H and O–H groups in total. The van der Waals surface area contributed by atoms with Gasteiger partial charge < -0.3 is 10.1 Å². The van der Waals surface area contributed by atoms with Crippen LogP contribution in [-0.4, -0.2) is 29.0 Å². The van der Waals surface area contributed by atoms with Crippen LogP contribution in [0.5, 0.6) is 0 Å². The SMILES string of the molecule is CC(C)N1C(=O)[C@H](NO)N=C(c2ccccc2)c2ccccc21. The summed E-state index contributed by atoms with van der Waals surface area (Å²) in [5.74, 6) is -0.277. The Hall–Kier alpha value is -2.50. The smallest absolute Gasteiger partial charge is 0.268 e. The zero-order chi connectivity index (χ0) is 16.4. The van der Waals surface area contributed by atoms with E-state index in [9.17, 15) is 10.0 Å². The molecule has 1 atom stereocenters. The number of hydrogen-bond donors (Lipinski definition) is 2. The lowest BCUT2D eigenvalue weighted by atomic mass is 10.00. The minimum absolute atomic E-state index is 0.0511. The fraction of sp³-hybridized carbons (Fsp3) is 0.222. The molecule has 23 heavy (non-hydrogen) atoms. The molecule has 1 amide bonds. The number of nitrogens with zero attached hydrogens (tertiary/aromatic N) is 2. The van der Waals surface area contributed by atoms with Crippen molar-refractivity contribution in [3.63, 3.8) is 0 Å². The van der Waals surface area contributed by atoms with E-state index in [1.54, 1.807) is 4.90 Å². The van der Waals surface area contributed by atoms with E-state index in [-0.39, 0.29) is 11.9 Å². The Balaban J connectivity index is 2.25. The van der Waals surface area contributed by atoms with Crippen molar-refractivity contribution in [1.29, 1.82) is 0 Å². The highest BCUT2D eigenvalue weighted by atomic mass is 16.5. The first kappa shape index (κ1) is 15.4. The number of benzene rings is 2. The molecule has 0 bridgehead atoms. The molecule has 5 nitrogen and oxygen atoms in total. The second-order valence-corrected chi connectivity index (χ2v) is 5.69. The number of carbonyl (C=O) groups excluding carboxylic acids is 1. The van der Waals surface area contributed by atoms with Crippen LogP contribution in [0.3, 0.4) is 0 Å². The first-order valence-electron chi connectivity index (χ1n) is 7.59. The highest BCUT2D eigenvalue weighted by Gasteiger charge is 2.32. The van der Waals surface area contributed by atoms with Crippen LogP contribution in [0.2, 0.25) is 0 Å². The predicted octanol–water partition coefficient (Wildman–Crippen LogP) is 2.58. The predicted molar refractivity (Wildman–Crippen MR) is 89.9 cm³/mol. The Morgan fingerprint density at radius 1 is 1.09 bits per heavy atom. The topological polar surface area (TPSA) is 64.9 Å². The Morgan fingerprint density at radius 2 is 1.74 bits per heavy atom. The van der Waals surface area contributed by atoms with Gasteiger partial charge in [0.05, 0.1) is 11.4 Å². The monoisotopic (exact) mass is 309 g/mol. The van der Waals surface area contributed by atoms with Gasteiger partial charge in [-0.3, -0.25) is 9.79 Å². The van der Waals surface area contributed by atoms with Crippen molar-refractivity contribution in [1.82, 2.24) is 5.48 Å². The van der Waals surface area contributed by atoms with E-state index in [4.69, 9.17) is 0 Å². The summed E-state index contributed by atoms with van der Waals surface area (Å²) < 4.78 is 0. The number of rotatable bonds is 3. The highest BCUT2D eigenvalue weighted by molar-refractivity contribution is 6.20. The Morgan fingerprint density at radius 3 is 2.39 bits per heavy atom. The summed E-state index contributed by atoms with van der Waals surface area (Å²) in [5, 5.41) is 9.43. The average Bonchev–Trinajstić information content (AvgIpc) is 2.69. The maximum absolute atomic E-state index is 12.8. The third-order valence-electron chi connectivity index (χ3n) is 3.83. The normalized spacial score (nSPS) is 17.7. The van der Waals surface area contributed by atoms with Crippen LogP contribution < -0.4 is 10.4 Å². The molecule has 3 rings (SSSR count). The second-order valence-electron chi connectivity index (χ2n) is 5.69. The summed E-state index contributed by atoms with van der Waals surface area (Å²) in [4.78, 5) is 18.9. The summed E-state index contributed by atoms with van der Waals surface area (Å²) in [5.41, 5.74) is 5.29. The molecule has 2 aromatic rings. The lowest BCUT2D eigenvalue weighted by Crippen LogP contribution is -2.47. The van der Waals surface area contributed by atoms with Crippen molar-refractivity contribution in [2.24, 2.45) is 4.99 Å². The van der Waals surface area contributed by atoms with Crippen LogP contribution in [0.25, 0.3) is 0 Å². The zero-order valence-electron chi connectivity index (χ0n) is 13.1. The third kappa shape index (κ3) is 2.76. The number of carbonyl (C=O) groups is 1. The number of benzodiazepines with no additional fused rings is 1. The van der Waals surface area contributed by atoms with Gasteiger partial charge in [0.2, 0.25) is 6.17 Å². The van der Waals surface area contributed by atoms with Gasteiger partial charge in [-0.25, -0.2) is 0 Å². The molecule has 0 saturated carbocycles. The number of aliphatic imine (C=N–C) groups is 1. The molecule has 1 heterocycles. The number of para-hydroxylation sites is 1. The molecule has 0 aromatic heterocycles. The van der Waals surface area contributed by atoms with Crippen molar-refractivity contribution in [2.45, 2.75) is 26.1 Å². The molecule has 0 saturated heterocycles. The highest BCUT2D eigenvalue weighted by Crippen LogP contribution is 2.29. The summed E-state index contributed by atoms with van der Waals surface area (Å²) in [6.45, 7) is 3.88. The third-order valence-corrected chi connectivity index (χ3v) is 3.83. The fourth-order valence-electron chi connectivity index (χ4n) is 2.83. The van der Waals surface area contributed by atoms with E-state index in [0.29, 0.717) is 5.71 Å². The Kier molecular flexibility index (Phi) is 4.23. The van der Waals surface area contributed by atoms with Crippen molar-refractivity contribution >= 4 is 17.3 Å². The molecule has 0 radical (unpaired) electrons. The summed E-state index contributed by atoms with van der Waals surface area (Å²) in [7, 11) is 0. The van der Waals surface area contributed by atoms with Gasteiger partial charge >= 0.3 is 0 Å². The van der Waals surface area contributed by atoms with Crippen LogP contribution in [0.1, 0.15) is 25.0 Å². The molecule has 0 spiro atoms. The molecule has 0 aliphatic carbocycles. The van der Waals surface area contributed by atoms with Crippen molar-refractivity contribution in [3.8, 4) is 0 Å². The number of nitrogens with one attached hydrogen (secondary N) is 1. The largest absolute Gasteiger partial charge is 0.314 e. The molecule has 5 heteroatoms. The van der Waals surface area contributed by atoms with Gasteiger partial charge in [0, 0.05) is 17.2 Å². The van der Waals surface area contributed by atoms with Crippen LogP contribution in [-0.2, 0) is 4.79 Å². The van der Waals surface area contributed by atoms with Gasteiger partial charge in [-0.05, 0) is 19.9 Å². The van der Waals surface area contributed by atoms with Gasteiger partial charge in [-0.2, -0.15) is 5.48 Å². The van der Waals surface area contributed by atoms with E-state index in [0.717, 1.165) is 16.8 Å². The van der Waals surface area contributed by atoms with Crippen molar-refractivity contribution in [2.75, 3.05) is 4.90 Å². The van der Waals surface area contributed by atoms with Crippen LogP contribution >= 0.6 is 0 Å². The summed E-state index contributed by atoms with van der Waals surface area (Å²) in [6.07, 6.45) is -1.03. The zero-order valence-corrected chi connectivity index (χ0v) is 13.1. The maximum Gasteiger partial charge on any atom is 0.268 e. The second kappa shape index (κ2) is 6.32. The minimum atomic E-state index is -1.03. The maximum atomic E-state index is 12.8. The van der Waals surface area contributed by atoms with Gasteiger partial charge in [0.25, 0.3) is 5.91 Å². The Labute approximate surface area is 135 Å². The standard InChI is InChI=1S/C18H19N3O2/c1-12(2)21-15-11-7-6-10-14(15)16(13-8-4-3-5-9-13)19-17(20-23)18(21)22/h3-12,17,20,23H,1-2H3/t17-/m0/s1. The first-order chi connectivity index (χ1) is 11.1. The van der Waals surface area contributed by atoms with Gasteiger partial charge in [-0.15, -0.1) is 0 Å². The minimum Gasteiger partial charge on any atom is -0.314 e. The van der Waals surface area contributed by atoms with Crippen LogP contribution in [0.15, 0.2) is 59.6 Å². The van der Waals surface area contributed by atoms with Crippen molar-refractivity contribution in [3.05, 3.63) is 65.7 Å². The molecule has 0 unspecified atom stereocenters. The number of hydroxylamine groups is 1. The average molecular weight is 309 g/mol. The van der Waals surface area contributed by atoms with E-state index >= 15 is 0 Å². The molecule has 118 valence electrons.